The predicted molar refractivity (Wildman–Crippen MR) is 108 cm³/mol. The van der Waals surface area contributed by atoms with Crippen LogP contribution >= 0.6 is 24.8 Å². The summed E-state index contributed by atoms with van der Waals surface area (Å²) in [5.74, 6) is 1.59. The molecular formula is C18H34Cl2N4O2. The highest BCUT2D eigenvalue weighted by molar-refractivity contribution is 5.85. The van der Waals surface area contributed by atoms with Gasteiger partial charge in [0.1, 0.15) is 0 Å². The number of nitrogens with one attached hydrogen (secondary N) is 2. The highest BCUT2D eigenvalue weighted by Gasteiger charge is 2.28. The first-order chi connectivity index (χ1) is 11.6. The summed E-state index contributed by atoms with van der Waals surface area (Å²) in [6, 6.07) is 0.428. The molecular weight excluding hydrogens is 375 g/mol. The second-order valence-corrected chi connectivity index (χ2v) is 7.77. The van der Waals surface area contributed by atoms with E-state index in [1.807, 2.05) is 4.90 Å². The summed E-state index contributed by atoms with van der Waals surface area (Å²) in [6.45, 7) is 8.02. The van der Waals surface area contributed by atoms with Crippen molar-refractivity contribution in [2.75, 3.05) is 45.8 Å². The van der Waals surface area contributed by atoms with E-state index in [1.54, 1.807) is 0 Å². The molecule has 152 valence electrons. The van der Waals surface area contributed by atoms with Crippen LogP contribution in [0.15, 0.2) is 0 Å². The van der Waals surface area contributed by atoms with Crippen molar-refractivity contribution < 1.29 is 9.59 Å². The van der Waals surface area contributed by atoms with Crippen LogP contribution < -0.4 is 10.6 Å². The fourth-order valence-electron chi connectivity index (χ4n) is 3.84. The molecule has 0 aromatic carbocycles. The van der Waals surface area contributed by atoms with Gasteiger partial charge in [0, 0.05) is 38.6 Å². The van der Waals surface area contributed by atoms with Gasteiger partial charge in [-0.2, -0.15) is 0 Å². The van der Waals surface area contributed by atoms with Crippen molar-refractivity contribution in [1.82, 2.24) is 20.4 Å². The Labute approximate surface area is 169 Å². The van der Waals surface area contributed by atoms with Crippen molar-refractivity contribution in [2.24, 2.45) is 11.8 Å². The van der Waals surface area contributed by atoms with Crippen LogP contribution in [0.1, 0.15) is 39.0 Å². The number of hydrogen-bond donors (Lipinski definition) is 2. The van der Waals surface area contributed by atoms with Crippen LogP contribution in [0.25, 0.3) is 0 Å². The number of hydrogen-bond acceptors (Lipinski definition) is 4. The standard InChI is InChI=1S/C18H32N4O2.2ClH/c1-14(15-4-6-19-7-5-15)12-18(24)22-10-8-21(9-11-22)13-17(23)20-16-2-3-16;;/h14-16,19H,2-13H2,1H3,(H,20,23);2*1H. The zero-order valence-corrected chi connectivity index (χ0v) is 17.4. The van der Waals surface area contributed by atoms with E-state index in [-0.39, 0.29) is 30.7 Å². The third-order valence-electron chi connectivity index (χ3n) is 5.72. The maximum Gasteiger partial charge on any atom is 0.234 e. The minimum atomic E-state index is 0. The maximum atomic E-state index is 12.5. The molecule has 1 saturated carbocycles. The van der Waals surface area contributed by atoms with Crippen LogP contribution in [0.2, 0.25) is 0 Å². The number of halogens is 2. The lowest BCUT2D eigenvalue weighted by atomic mass is 9.84. The van der Waals surface area contributed by atoms with Crippen LogP contribution in [0, 0.1) is 11.8 Å². The summed E-state index contributed by atoms with van der Waals surface area (Å²) in [5, 5.41) is 6.42. The zero-order chi connectivity index (χ0) is 16.9. The van der Waals surface area contributed by atoms with Gasteiger partial charge >= 0.3 is 0 Å². The average Bonchev–Trinajstić information content (AvgIpc) is 3.40. The first kappa shape index (κ1) is 23.5. The highest BCUT2D eigenvalue weighted by atomic mass is 35.5. The third-order valence-corrected chi connectivity index (χ3v) is 5.72. The molecule has 2 saturated heterocycles. The summed E-state index contributed by atoms with van der Waals surface area (Å²) >= 11 is 0. The number of piperidine rings is 1. The second kappa shape index (κ2) is 11.3. The van der Waals surface area contributed by atoms with Crippen molar-refractivity contribution >= 4 is 36.6 Å². The molecule has 2 amide bonds. The van der Waals surface area contributed by atoms with Gasteiger partial charge in [-0.15, -0.1) is 24.8 Å². The summed E-state index contributed by atoms with van der Waals surface area (Å²) < 4.78 is 0. The van der Waals surface area contributed by atoms with Crippen molar-refractivity contribution in [2.45, 2.75) is 45.1 Å². The Balaban J connectivity index is 0.00000169. The van der Waals surface area contributed by atoms with E-state index in [9.17, 15) is 9.59 Å². The van der Waals surface area contributed by atoms with Crippen molar-refractivity contribution in [3.8, 4) is 0 Å². The molecule has 0 aromatic rings. The number of carbonyl (C=O) groups excluding carboxylic acids is 2. The minimum Gasteiger partial charge on any atom is -0.352 e. The van der Waals surface area contributed by atoms with E-state index in [0.717, 1.165) is 52.1 Å². The number of carbonyl (C=O) groups is 2. The van der Waals surface area contributed by atoms with Gasteiger partial charge < -0.3 is 15.5 Å². The Morgan fingerprint density at radius 1 is 1.04 bits per heavy atom. The second-order valence-electron chi connectivity index (χ2n) is 7.77. The van der Waals surface area contributed by atoms with E-state index in [1.165, 1.54) is 12.8 Å². The summed E-state index contributed by atoms with van der Waals surface area (Å²) in [7, 11) is 0. The molecule has 2 heterocycles. The van der Waals surface area contributed by atoms with Crippen LogP contribution in [0.3, 0.4) is 0 Å². The predicted octanol–water partition coefficient (Wildman–Crippen LogP) is 1.28. The van der Waals surface area contributed by atoms with Gasteiger partial charge in [-0.25, -0.2) is 0 Å². The molecule has 8 heteroatoms. The maximum absolute atomic E-state index is 12.5. The van der Waals surface area contributed by atoms with Crippen LogP contribution in [-0.2, 0) is 9.59 Å². The molecule has 6 nitrogen and oxygen atoms in total. The highest BCUT2D eigenvalue weighted by Crippen LogP contribution is 2.25. The Hall–Kier alpha value is -0.560. The lowest BCUT2D eigenvalue weighted by molar-refractivity contribution is -0.134. The molecule has 3 aliphatic rings. The topological polar surface area (TPSA) is 64.7 Å². The molecule has 1 aliphatic carbocycles. The quantitative estimate of drug-likeness (QED) is 0.694. The average molecular weight is 409 g/mol. The van der Waals surface area contributed by atoms with E-state index >= 15 is 0 Å². The number of piperazine rings is 1. The SMILES string of the molecule is CC(CC(=O)N1CCN(CC(=O)NC2CC2)CC1)C1CCNCC1.Cl.Cl. The van der Waals surface area contributed by atoms with Crippen molar-refractivity contribution in [1.29, 1.82) is 0 Å². The first-order valence-corrected chi connectivity index (χ1v) is 9.62. The first-order valence-electron chi connectivity index (χ1n) is 9.62. The van der Waals surface area contributed by atoms with Gasteiger partial charge in [0.25, 0.3) is 0 Å². The largest absolute Gasteiger partial charge is 0.352 e. The Morgan fingerprint density at radius 2 is 1.65 bits per heavy atom. The van der Waals surface area contributed by atoms with E-state index in [0.29, 0.717) is 36.8 Å². The monoisotopic (exact) mass is 408 g/mol. The van der Waals surface area contributed by atoms with Gasteiger partial charge in [0.05, 0.1) is 6.54 Å². The van der Waals surface area contributed by atoms with Crippen molar-refractivity contribution in [3.63, 3.8) is 0 Å². The molecule has 0 bridgehead atoms. The van der Waals surface area contributed by atoms with Crippen LogP contribution in [0.4, 0.5) is 0 Å². The number of amides is 2. The Kier molecular flexibility index (Phi) is 10.2. The Bertz CT molecular complexity index is 448. The van der Waals surface area contributed by atoms with Gasteiger partial charge in [-0.05, 0) is 50.6 Å². The molecule has 1 atom stereocenters. The smallest absolute Gasteiger partial charge is 0.234 e. The number of rotatable bonds is 6. The zero-order valence-electron chi connectivity index (χ0n) is 15.7. The molecule has 26 heavy (non-hydrogen) atoms. The van der Waals surface area contributed by atoms with E-state index in [4.69, 9.17) is 0 Å². The normalized spacial score (nSPS) is 22.7. The molecule has 0 radical (unpaired) electrons. The molecule has 0 aromatic heterocycles. The number of nitrogens with zero attached hydrogens (tertiary/aromatic N) is 2. The molecule has 3 fully saturated rings. The molecule has 3 rings (SSSR count). The van der Waals surface area contributed by atoms with E-state index < -0.39 is 0 Å². The summed E-state index contributed by atoms with van der Waals surface area (Å²) in [5.41, 5.74) is 0. The van der Waals surface area contributed by atoms with Crippen molar-refractivity contribution in [3.05, 3.63) is 0 Å². The minimum absolute atomic E-state index is 0. The van der Waals surface area contributed by atoms with Crippen LogP contribution in [-0.4, -0.2) is 73.5 Å². The summed E-state index contributed by atoms with van der Waals surface area (Å²) in [4.78, 5) is 28.6. The summed E-state index contributed by atoms with van der Waals surface area (Å²) in [6.07, 6.45) is 5.32. The fourth-order valence-corrected chi connectivity index (χ4v) is 3.84. The lowest BCUT2D eigenvalue weighted by Gasteiger charge is -2.36. The molecule has 0 spiro atoms. The van der Waals surface area contributed by atoms with Crippen LogP contribution in [0.5, 0.6) is 0 Å². The van der Waals surface area contributed by atoms with Gasteiger partial charge in [-0.1, -0.05) is 6.92 Å². The van der Waals surface area contributed by atoms with E-state index in [2.05, 4.69) is 22.5 Å². The van der Waals surface area contributed by atoms with Gasteiger partial charge in [0.2, 0.25) is 11.8 Å². The Morgan fingerprint density at radius 3 is 2.23 bits per heavy atom. The fraction of sp³-hybridized carbons (Fsp3) is 0.889. The third kappa shape index (κ3) is 7.22. The van der Waals surface area contributed by atoms with Gasteiger partial charge in [-0.3, -0.25) is 14.5 Å². The van der Waals surface area contributed by atoms with Gasteiger partial charge in [0.15, 0.2) is 0 Å². The lowest BCUT2D eigenvalue weighted by Crippen LogP contribution is -2.51. The molecule has 2 N–H and O–H groups in total. The molecule has 1 unspecified atom stereocenters. The molecule has 2 aliphatic heterocycles.